The van der Waals surface area contributed by atoms with Gasteiger partial charge in [-0.1, -0.05) is 0 Å². The monoisotopic (exact) mass is 265 g/mol. The van der Waals surface area contributed by atoms with Crippen LogP contribution in [0.5, 0.6) is 0 Å². The van der Waals surface area contributed by atoms with Gasteiger partial charge in [-0.05, 0) is 36.6 Å². The second-order valence-electron chi connectivity index (χ2n) is 4.37. The Balaban J connectivity index is 2.68. The highest BCUT2D eigenvalue weighted by Gasteiger charge is 2.21. The lowest BCUT2D eigenvalue weighted by Crippen LogP contribution is -2.10. The minimum Gasteiger partial charge on any atom is -0.464 e. The molecule has 0 amide bonds. The number of aromatic nitrogens is 1. The second kappa shape index (κ2) is 5.40. The molecule has 5 heteroatoms. The van der Waals surface area contributed by atoms with E-state index in [4.69, 9.17) is 9.84 Å². The highest BCUT2D eigenvalue weighted by atomic mass is 19.1. The molecule has 0 atom stereocenters. The number of nitrogens with zero attached hydrogens (tertiary/aromatic N) is 1. The molecule has 1 heterocycles. The van der Waals surface area contributed by atoms with Crippen LogP contribution >= 0.6 is 0 Å². The van der Waals surface area contributed by atoms with Gasteiger partial charge >= 0.3 is 5.97 Å². The molecular formula is C14H16FNO3. The third-order valence-corrected chi connectivity index (χ3v) is 3.23. The Bertz CT molecular complexity index is 619. The SMILES string of the molecule is COC(=O)c1c(CCCO)c2ccc(F)cc2n1C. The summed E-state index contributed by atoms with van der Waals surface area (Å²) in [6, 6.07) is 4.42. The van der Waals surface area contributed by atoms with Crippen LogP contribution in [-0.2, 0) is 18.2 Å². The third kappa shape index (κ3) is 2.33. The molecule has 0 unspecified atom stereocenters. The first-order valence-electron chi connectivity index (χ1n) is 6.06. The van der Waals surface area contributed by atoms with Crippen molar-refractivity contribution in [2.75, 3.05) is 13.7 Å². The first kappa shape index (κ1) is 13.5. The van der Waals surface area contributed by atoms with E-state index >= 15 is 0 Å². The van der Waals surface area contributed by atoms with E-state index in [1.54, 1.807) is 17.7 Å². The van der Waals surface area contributed by atoms with Crippen molar-refractivity contribution >= 4 is 16.9 Å². The Hall–Kier alpha value is -1.88. The molecule has 1 aromatic heterocycles. The number of methoxy groups -OCH3 is 1. The number of aliphatic hydroxyl groups is 1. The summed E-state index contributed by atoms with van der Waals surface area (Å²) in [5, 5.41) is 9.77. The number of benzene rings is 1. The maximum Gasteiger partial charge on any atom is 0.354 e. The summed E-state index contributed by atoms with van der Waals surface area (Å²) in [7, 11) is 3.02. The van der Waals surface area contributed by atoms with E-state index in [0.717, 1.165) is 10.9 Å². The fourth-order valence-electron chi connectivity index (χ4n) is 2.35. The molecule has 0 bridgehead atoms. The van der Waals surface area contributed by atoms with Crippen molar-refractivity contribution in [2.24, 2.45) is 7.05 Å². The molecule has 2 rings (SSSR count). The minimum absolute atomic E-state index is 0.0399. The van der Waals surface area contributed by atoms with Gasteiger partial charge in [0.05, 0.1) is 12.6 Å². The van der Waals surface area contributed by atoms with E-state index in [2.05, 4.69) is 0 Å². The highest BCUT2D eigenvalue weighted by molar-refractivity contribution is 5.99. The van der Waals surface area contributed by atoms with Crippen molar-refractivity contribution < 1.29 is 19.0 Å². The van der Waals surface area contributed by atoms with Crippen LogP contribution in [0.1, 0.15) is 22.5 Å². The summed E-state index contributed by atoms with van der Waals surface area (Å²) in [5.41, 5.74) is 1.85. The zero-order chi connectivity index (χ0) is 14.0. The van der Waals surface area contributed by atoms with Gasteiger partial charge in [-0.3, -0.25) is 0 Å². The summed E-state index contributed by atoms with van der Waals surface area (Å²) < 4.78 is 19.7. The minimum atomic E-state index is -0.452. The molecule has 1 aromatic carbocycles. The molecule has 1 N–H and O–H groups in total. The van der Waals surface area contributed by atoms with E-state index in [1.165, 1.54) is 19.2 Å². The van der Waals surface area contributed by atoms with Crippen LogP contribution in [0.4, 0.5) is 4.39 Å². The van der Waals surface area contributed by atoms with Crippen molar-refractivity contribution in [2.45, 2.75) is 12.8 Å². The summed E-state index contributed by atoms with van der Waals surface area (Å²) >= 11 is 0. The molecule has 2 aromatic rings. The highest BCUT2D eigenvalue weighted by Crippen LogP contribution is 2.27. The Morgan fingerprint density at radius 3 is 2.84 bits per heavy atom. The number of aliphatic hydroxyl groups excluding tert-OH is 1. The average Bonchev–Trinajstić information content (AvgIpc) is 2.68. The van der Waals surface area contributed by atoms with Crippen LogP contribution in [0.3, 0.4) is 0 Å². The largest absolute Gasteiger partial charge is 0.464 e. The van der Waals surface area contributed by atoms with Gasteiger partial charge in [0, 0.05) is 19.0 Å². The summed E-state index contributed by atoms with van der Waals surface area (Å²) in [6.07, 6.45) is 1.09. The molecule has 0 saturated carbocycles. The normalized spacial score (nSPS) is 10.9. The van der Waals surface area contributed by atoms with Gasteiger partial charge in [-0.25, -0.2) is 9.18 Å². The number of ether oxygens (including phenoxy) is 1. The lowest BCUT2D eigenvalue weighted by molar-refractivity contribution is 0.0589. The van der Waals surface area contributed by atoms with Gasteiger partial charge in [-0.15, -0.1) is 0 Å². The van der Waals surface area contributed by atoms with Crippen LogP contribution in [0.25, 0.3) is 10.9 Å². The third-order valence-electron chi connectivity index (χ3n) is 3.23. The summed E-state index contributed by atoms with van der Waals surface area (Å²) in [5.74, 6) is -0.801. The van der Waals surface area contributed by atoms with E-state index in [0.29, 0.717) is 24.1 Å². The number of aryl methyl sites for hydroxylation is 2. The standard InChI is InChI=1S/C14H16FNO3/c1-16-12-8-9(15)5-6-10(12)11(4-3-7-17)13(16)14(18)19-2/h5-6,8,17H,3-4,7H2,1-2H3. The average molecular weight is 265 g/mol. The van der Waals surface area contributed by atoms with Crippen molar-refractivity contribution in [3.63, 3.8) is 0 Å². The van der Waals surface area contributed by atoms with Gasteiger partial charge < -0.3 is 14.4 Å². The van der Waals surface area contributed by atoms with Gasteiger partial charge in [0.1, 0.15) is 11.5 Å². The van der Waals surface area contributed by atoms with Crippen molar-refractivity contribution in [3.05, 3.63) is 35.3 Å². The molecule has 0 aliphatic carbocycles. The van der Waals surface area contributed by atoms with Crippen LogP contribution in [-0.4, -0.2) is 29.4 Å². The predicted octanol–water partition coefficient (Wildman–Crippen LogP) is 2.03. The van der Waals surface area contributed by atoms with Crippen LogP contribution in [0, 0.1) is 5.82 Å². The number of fused-ring (bicyclic) bond motifs is 1. The van der Waals surface area contributed by atoms with Crippen molar-refractivity contribution in [1.29, 1.82) is 0 Å². The Labute approximate surface area is 110 Å². The number of rotatable bonds is 4. The molecular weight excluding hydrogens is 249 g/mol. The second-order valence-corrected chi connectivity index (χ2v) is 4.37. The van der Waals surface area contributed by atoms with E-state index < -0.39 is 5.97 Å². The van der Waals surface area contributed by atoms with Crippen molar-refractivity contribution in [3.8, 4) is 0 Å². The number of carbonyl (C=O) groups excluding carboxylic acids is 1. The number of esters is 1. The maximum absolute atomic E-state index is 13.3. The molecule has 0 fully saturated rings. The fraction of sp³-hybridized carbons (Fsp3) is 0.357. The summed E-state index contributed by atoms with van der Waals surface area (Å²) in [4.78, 5) is 11.9. The molecule has 0 spiro atoms. The molecule has 4 nitrogen and oxygen atoms in total. The van der Waals surface area contributed by atoms with Gasteiger partial charge in [0.15, 0.2) is 0 Å². The van der Waals surface area contributed by atoms with E-state index in [9.17, 15) is 9.18 Å². The Morgan fingerprint density at radius 1 is 1.47 bits per heavy atom. The Kier molecular flexibility index (Phi) is 3.85. The number of hydrogen-bond acceptors (Lipinski definition) is 3. The van der Waals surface area contributed by atoms with Gasteiger partial charge in [0.2, 0.25) is 0 Å². The fourth-order valence-corrected chi connectivity index (χ4v) is 2.35. The smallest absolute Gasteiger partial charge is 0.354 e. The zero-order valence-corrected chi connectivity index (χ0v) is 10.9. The molecule has 0 aliphatic rings. The lowest BCUT2D eigenvalue weighted by atomic mass is 10.1. The molecule has 19 heavy (non-hydrogen) atoms. The first-order chi connectivity index (χ1) is 9.10. The topological polar surface area (TPSA) is 51.5 Å². The van der Waals surface area contributed by atoms with E-state index in [1.807, 2.05) is 0 Å². The lowest BCUT2D eigenvalue weighted by Gasteiger charge is -2.05. The van der Waals surface area contributed by atoms with Gasteiger partial charge in [0.25, 0.3) is 0 Å². The summed E-state index contributed by atoms with van der Waals surface area (Å²) in [6.45, 7) is 0.0399. The van der Waals surface area contributed by atoms with Crippen LogP contribution in [0.2, 0.25) is 0 Å². The molecule has 102 valence electrons. The Morgan fingerprint density at radius 2 is 2.21 bits per heavy atom. The predicted molar refractivity (Wildman–Crippen MR) is 69.6 cm³/mol. The molecule has 0 radical (unpaired) electrons. The number of carbonyl (C=O) groups is 1. The number of halogens is 1. The maximum atomic E-state index is 13.3. The molecule has 0 aliphatic heterocycles. The zero-order valence-electron chi connectivity index (χ0n) is 10.9. The first-order valence-corrected chi connectivity index (χ1v) is 6.06. The van der Waals surface area contributed by atoms with Crippen LogP contribution < -0.4 is 0 Å². The van der Waals surface area contributed by atoms with Crippen LogP contribution in [0.15, 0.2) is 18.2 Å². The number of hydrogen-bond donors (Lipinski definition) is 1. The van der Waals surface area contributed by atoms with Gasteiger partial charge in [-0.2, -0.15) is 0 Å². The molecule has 0 saturated heterocycles. The van der Waals surface area contributed by atoms with E-state index in [-0.39, 0.29) is 12.4 Å². The van der Waals surface area contributed by atoms with Crippen molar-refractivity contribution in [1.82, 2.24) is 4.57 Å². The quantitative estimate of drug-likeness (QED) is 0.861.